The topological polar surface area (TPSA) is 55.0 Å². The van der Waals surface area contributed by atoms with E-state index in [1.54, 1.807) is 17.5 Å². The molecule has 0 spiro atoms. The summed E-state index contributed by atoms with van der Waals surface area (Å²) in [5.41, 5.74) is 6.93. The number of thiophene rings is 1. The molecular weight excluding hydrogens is 268 g/mol. The number of halogens is 1. The highest BCUT2D eigenvalue weighted by Gasteiger charge is 2.31. The van der Waals surface area contributed by atoms with Gasteiger partial charge in [-0.2, -0.15) is 16.3 Å². The maximum Gasteiger partial charge on any atom is 0.222 e. The second kappa shape index (κ2) is 4.74. The van der Waals surface area contributed by atoms with Gasteiger partial charge < -0.3 is 10.6 Å². The minimum atomic E-state index is 0.269. The number of nitrogens with two attached hydrogens (primary N) is 1. The largest absolute Gasteiger partial charge is 0.368 e. The standard InChI is InChI=1S/C12H13ClN4S/c13-10-5-15-12(14)16-11(10)17(9-1-2-9)6-8-3-4-18-7-8/h3-5,7,9H,1-2,6H2,(H2,14,15,16). The van der Waals surface area contributed by atoms with Crippen LogP contribution in [-0.4, -0.2) is 16.0 Å². The van der Waals surface area contributed by atoms with Crippen LogP contribution in [0.5, 0.6) is 0 Å². The fourth-order valence-electron chi connectivity index (χ4n) is 1.92. The molecule has 4 nitrogen and oxygen atoms in total. The lowest BCUT2D eigenvalue weighted by atomic mass is 10.3. The zero-order chi connectivity index (χ0) is 12.5. The molecule has 0 aliphatic heterocycles. The van der Waals surface area contributed by atoms with Gasteiger partial charge in [-0.3, -0.25) is 0 Å². The van der Waals surface area contributed by atoms with Crippen molar-refractivity contribution >= 4 is 34.7 Å². The first kappa shape index (κ1) is 11.7. The van der Waals surface area contributed by atoms with Crippen molar-refractivity contribution in [3.8, 4) is 0 Å². The molecule has 2 aromatic rings. The molecule has 3 rings (SSSR count). The van der Waals surface area contributed by atoms with Gasteiger partial charge in [0, 0.05) is 12.6 Å². The zero-order valence-corrected chi connectivity index (χ0v) is 11.3. The summed E-state index contributed by atoms with van der Waals surface area (Å²) in [6.07, 6.45) is 3.94. The zero-order valence-electron chi connectivity index (χ0n) is 9.71. The lowest BCUT2D eigenvalue weighted by Crippen LogP contribution is -2.26. The molecule has 6 heteroatoms. The van der Waals surface area contributed by atoms with Crippen LogP contribution in [0.4, 0.5) is 11.8 Å². The summed E-state index contributed by atoms with van der Waals surface area (Å²) in [7, 11) is 0. The number of rotatable bonds is 4. The van der Waals surface area contributed by atoms with Crippen molar-refractivity contribution in [3.63, 3.8) is 0 Å². The van der Waals surface area contributed by atoms with Crippen LogP contribution >= 0.6 is 22.9 Å². The van der Waals surface area contributed by atoms with Crippen LogP contribution in [0.1, 0.15) is 18.4 Å². The van der Waals surface area contributed by atoms with Gasteiger partial charge in [-0.1, -0.05) is 11.6 Å². The molecule has 1 aliphatic rings. The van der Waals surface area contributed by atoms with Crippen molar-refractivity contribution in [1.82, 2.24) is 9.97 Å². The van der Waals surface area contributed by atoms with Gasteiger partial charge in [-0.25, -0.2) is 4.98 Å². The summed E-state index contributed by atoms with van der Waals surface area (Å²) < 4.78 is 0. The van der Waals surface area contributed by atoms with E-state index < -0.39 is 0 Å². The number of nitrogens with zero attached hydrogens (tertiary/aromatic N) is 3. The Labute approximate surface area is 114 Å². The molecule has 0 radical (unpaired) electrons. The van der Waals surface area contributed by atoms with Gasteiger partial charge in [0.25, 0.3) is 0 Å². The monoisotopic (exact) mass is 280 g/mol. The van der Waals surface area contributed by atoms with Crippen LogP contribution in [0.25, 0.3) is 0 Å². The molecule has 2 aromatic heterocycles. The first-order valence-electron chi connectivity index (χ1n) is 5.80. The van der Waals surface area contributed by atoms with Crippen molar-refractivity contribution in [1.29, 1.82) is 0 Å². The van der Waals surface area contributed by atoms with E-state index in [1.165, 1.54) is 18.4 Å². The van der Waals surface area contributed by atoms with Gasteiger partial charge >= 0.3 is 0 Å². The third kappa shape index (κ3) is 2.42. The third-order valence-corrected chi connectivity index (χ3v) is 3.94. The average molecular weight is 281 g/mol. The normalized spacial score (nSPS) is 14.7. The molecule has 0 atom stereocenters. The molecule has 0 saturated heterocycles. The molecule has 0 unspecified atom stereocenters. The Bertz CT molecular complexity index is 539. The van der Waals surface area contributed by atoms with Gasteiger partial charge in [0.1, 0.15) is 5.02 Å². The molecule has 1 aliphatic carbocycles. The van der Waals surface area contributed by atoms with E-state index in [0.29, 0.717) is 11.1 Å². The summed E-state index contributed by atoms with van der Waals surface area (Å²) in [5.74, 6) is 1.02. The molecule has 2 N–H and O–H groups in total. The van der Waals surface area contributed by atoms with E-state index in [9.17, 15) is 0 Å². The third-order valence-electron chi connectivity index (χ3n) is 2.94. The quantitative estimate of drug-likeness (QED) is 0.935. The van der Waals surface area contributed by atoms with Gasteiger partial charge in [0.15, 0.2) is 5.82 Å². The maximum atomic E-state index is 6.18. The van der Waals surface area contributed by atoms with Crippen LogP contribution in [0.2, 0.25) is 5.02 Å². The van der Waals surface area contributed by atoms with Crippen LogP contribution in [-0.2, 0) is 6.54 Å². The predicted octanol–water partition coefficient (Wildman–Crippen LogP) is 2.94. The summed E-state index contributed by atoms with van der Waals surface area (Å²) in [4.78, 5) is 10.4. The molecule has 18 heavy (non-hydrogen) atoms. The lowest BCUT2D eigenvalue weighted by molar-refractivity contribution is 0.779. The van der Waals surface area contributed by atoms with Crippen molar-refractivity contribution in [3.05, 3.63) is 33.6 Å². The molecule has 2 heterocycles. The fourth-order valence-corrected chi connectivity index (χ4v) is 2.77. The van der Waals surface area contributed by atoms with Crippen molar-refractivity contribution < 1.29 is 0 Å². The molecule has 1 saturated carbocycles. The summed E-state index contributed by atoms with van der Waals surface area (Å²) in [6, 6.07) is 2.65. The van der Waals surface area contributed by atoms with Gasteiger partial charge in [-0.15, -0.1) is 0 Å². The number of hydrogen-bond acceptors (Lipinski definition) is 5. The molecule has 94 valence electrons. The number of nitrogen functional groups attached to an aromatic ring is 1. The summed E-state index contributed by atoms with van der Waals surface area (Å²) in [5, 5.41) is 4.79. The minimum Gasteiger partial charge on any atom is -0.368 e. The Hall–Kier alpha value is -1.33. The molecule has 1 fully saturated rings. The van der Waals surface area contributed by atoms with E-state index in [0.717, 1.165) is 12.4 Å². The van der Waals surface area contributed by atoms with Crippen molar-refractivity contribution in [2.45, 2.75) is 25.4 Å². The van der Waals surface area contributed by atoms with Crippen LogP contribution in [0.3, 0.4) is 0 Å². The molecule has 0 aromatic carbocycles. The van der Waals surface area contributed by atoms with E-state index in [-0.39, 0.29) is 5.95 Å². The Balaban J connectivity index is 1.91. The van der Waals surface area contributed by atoms with Crippen molar-refractivity contribution in [2.75, 3.05) is 10.6 Å². The van der Waals surface area contributed by atoms with E-state index in [4.69, 9.17) is 17.3 Å². The first-order chi connectivity index (χ1) is 8.74. The number of anilines is 2. The van der Waals surface area contributed by atoms with E-state index >= 15 is 0 Å². The highest BCUT2D eigenvalue weighted by Crippen LogP contribution is 2.35. The maximum absolute atomic E-state index is 6.18. The first-order valence-corrected chi connectivity index (χ1v) is 7.12. The smallest absolute Gasteiger partial charge is 0.222 e. The molecule has 0 bridgehead atoms. The predicted molar refractivity (Wildman–Crippen MR) is 75.0 cm³/mol. The number of aromatic nitrogens is 2. The second-order valence-electron chi connectivity index (χ2n) is 4.39. The highest BCUT2D eigenvalue weighted by atomic mass is 35.5. The van der Waals surface area contributed by atoms with Gasteiger partial charge in [-0.05, 0) is 35.2 Å². The van der Waals surface area contributed by atoms with Crippen LogP contribution < -0.4 is 10.6 Å². The number of hydrogen-bond donors (Lipinski definition) is 1. The van der Waals surface area contributed by atoms with Crippen molar-refractivity contribution in [2.24, 2.45) is 0 Å². The highest BCUT2D eigenvalue weighted by molar-refractivity contribution is 7.07. The van der Waals surface area contributed by atoms with E-state index in [2.05, 4.69) is 31.7 Å². The molecular formula is C12H13ClN4S. The Morgan fingerprint density at radius 2 is 2.33 bits per heavy atom. The average Bonchev–Trinajstić information content (AvgIpc) is 3.07. The lowest BCUT2D eigenvalue weighted by Gasteiger charge is -2.24. The fraction of sp³-hybridized carbons (Fsp3) is 0.333. The SMILES string of the molecule is Nc1ncc(Cl)c(N(Cc2ccsc2)C2CC2)n1. The summed E-state index contributed by atoms with van der Waals surface area (Å²) >= 11 is 7.88. The minimum absolute atomic E-state index is 0.269. The second-order valence-corrected chi connectivity index (χ2v) is 5.58. The Morgan fingerprint density at radius 1 is 1.50 bits per heavy atom. The van der Waals surface area contributed by atoms with Crippen LogP contribution in [0.15, 0.2) is 23.0 Å². The Kier molecular flexibility index (Phi) is 3.09. The Morgan fingerprint density at radius 3 is 3.00 bits per heavy atom. The van der Waals surface area contributed by atoms with Gasteiger partial charge in [0.05, 0.1) is 6.20 Å². The summed E-state index contributed by atoms with van der Waals surface area (Å²) in [6.45, 7) is 0.824. The van der Waals surface area contributed by atoms with E-state index in [1.807, 2.05) is 0 Å². The van der Waals surface area contributed by atoms with Gasteiger partial charge in [0.2, 0.25) is 5.95 Å². The van der Waals surface area contributed by atoms with Crippen LogP contribution in [0, 0.1) is 0 Å². The molecule has 0 amide bonds.